The minimum absolute atomic E-state index is 0.0671. The highest BCUT2D eigenvalue weighted by molar-refractivity contribution is 7.87. The zero-order chi connectivity index (χ0) is 15.9. The number of aromatic hydroxyl groups is 1. The van der Waals surface area contributed by atoms with Gasteiger partial charge in [-0.15, -0.1) is 0 Å². The molecule has 0 unspecified atom stereocenters. The zero-order valence-corrected chi connectivity index (χ0v) is 11.5. The SMILES string of the molecule is O=C(O)c1ccccc1O.O=S(=O)(O)Nc1ccccc1. The first-order valence-electron chi connectivity index (χ1n) is 5.61. The lowest BCUT2D eigenvalue weighted by atomic mass is 10.2. The number of para-hydroxylation sites is 2. The number of phenols is 1. The summed E-state index contributed by atoms with van der Waals surface area (Å²) >= 11 is 0. The third-order valence-electron chi connectivity index (χ3n) is 2.16. The third-order valence-corrected chi connectivity index (χ3v) is 2.65. The molecule has 0 aliphatic carbocycles. The maximum Gasteiger partial charge on any atom is 0.357 e. The molecule has 0 aliphatic rings. The van der Waals surface area contributed by atoms with E-state index in [4.69, 9.17) is 14.8 Å². The van der Waals surface area contributed by atoms with E-state index in [9.17, 15) is 13.2 Å². The fourth-order valence-corrected chi connectivity index (χ4v) is 1.74. The molecule has 0 atom stereocenters. The number of carboxylic acids is 1. The Morgan fingerprint density at radius 3 is 1.90 bits per heavy atom. The van der Waals surface area contributed by atoms with E-state index in [0.29, 0.717) is 5.69 Å². The molecule has 2 rings (SSSR count). The second kappa shape index (κ2) is 7.27. The van der Waals surface area contributed by atoms with Gasteiger partial charge in [0.25, 0.3) is 0 Å². The van der Waals surface area contributed by atoms with Crippen molar-refractivity contribution >= 4 is 22.0 Å². The van der Waals surface area contributed by atoms with Crippen molar-refractivity contribution in [1.82, 2.24) is 0 Å². The number of benzene rings is 2. The van der Waals surface area contributed by atoms with Crippen LogP contribution in [0.3, 0.4) is 0 Å². The summed E-state index contributed by atoms with van der Waals surface area (Å²) in [7, 11) is -4.13. The molecule has 0 aromatic heterocycles. The first-order chi connectivity index (χ1) is 9.79. The predicted molar refractivity (Wildman–Crippen MR) is 76.7 cm³/mol. The van der Waals surface area contributed by atoms with Crippen LogP contribution in [0.5, 0.6) is 5.75 Å². The molecule has 0 radical (unpaired) electrons. The van der Waals surface area contributed by atoms with Gasteiger partial charge in [0.2, 0.25) is 0 Å². The van der Waals surface area contributed by atoms with Crippen LogP contribution >= 0.6 is 0 Å². The van der Waals surface area contributed by atoms with Gasteiger partial charge in [-0.3, -0.25) is 9.27 Å². The Kier molecular flexibility index (Phi) is 5.70. The van der Waals surface area contributed by atoms with Gasteiger partial charge in [0.05, 0.1) is 5.69 Å². The Morgan fingerprint density at radius 1 is 0.952 bits per heavy atom. The number of anilines is 1. The summed E-state index contributed by atoms with van der Waals surface area (Å²) in [6.07, 6.45) is 0. The number of hydrogen-bond donors (Lipinski definition) is 4. The van der Waals surface area contributed by atoms with Gasteiger partial charge in [-0.05, 0) is 24.3 Å². The molecular weight excluding hydrogens is 298 g/mol. The summed E-state index contributed by atoms with van der Waals surface area (Å²) in [5, 5.41) is 17.3. The Labute approximate surface area is 121 Å². The van der Waals surface area contributed by atoms with Crippen molar-refractivity contribution < 1.29 is 28.0 Å². The third kappa shape index (κ3) is 6.41. The topological polar surface area (TPSA) is 124 Å². The first kappa shape index (κ1) is 16.5. The Balaban J connectivity index is 0.000000211. The highest BCUT2D eigenvalue weighted by Gasteiger charge is 2.05. The van der Waals surface area contributed by atoms with Crippen molar-refractivity contribution in [2.45, 2.75) is 0 Å². The van der Waals surface area contributed by atoms with Gasteiger partial charge in [0.1, 0.15) is 11.3 Å². The lowest BCUT2D eigenvalue weighted by molar-refractivity contribution is 0.0693. The second-order valence-electron chi connectivity index (χ2n) is 3.77. The van der Waals surface area contributed by atoms with E-state index in [2.05, 4.69) is 0 Å². The average Bonchev–Trinajstić information content (AvgIpc) is 2.39. The molecule has 0 bridgehead atoms. The molecular formula is C13H13NO6S. The van der Waals surface area contributed by atoms with Crippen LogP contribution in [-0.2, 0) is 10.3 Å². The Morgan fingerprint density at radius 2 is 1.48 bits per heavy atom. The van der Waals surface area contributed by atoms with Gasteiger partial charge in [-0.1, -0.05) is 30.3 Å². The van der Waals surface area contributed by atoms with Crippen molar-refractivity contribution in [2.24, 2.45) is 0 Å². The second-order valence-corrected chi connectivity index (χ2v) is 4.92. The van der Waals surface area contributed by atoms with E-state index in [1.165, 1.54) is 24.3 Å². The molecule has 0 amide bonds. The summed E-state index contributed by atoms with van der Waals surface area (Å²) < 4.78 is 30.7. The van der Waals surface area contributed by atoms with Gasteiger partial charge >= 0.3 is 16.3 Å². The van der Waals surface area contributed by atoms with E-state index in [0.717, 1.165) is 0 Å². The summed E-state index contributed by atoms with van der Waals surface area (Å²) in [6.45, 7) is 0. The van der Waals surface area contributed by atoms with Crippen LogP contribution in [0.4, 0.5) is 5.69 Å². The highest BCUT2D eigenvalue weighted by atomic mass is 32.2. The molecule has 0 heterocycles. The fourth-order valence-electron chi connectivity index (χ4n) is 1.31. The van der Waals surface area contributed by atoms with Gasteiger partial charge in [-0.2, -0.15) is 8.42 Å². The number of nitrogens with one attached hydrogen (secondary N) is 1. The van der Waals surface area contributed by atoms with E-state index in [1.54, 1.807) is 30.3 Å². The molecule has 8 heteroatoms. The molecule has 0 fully saturated rings. The van der Waals surface area contributed by atoms with Crippen LogP contribution in [0.25, 0.3) is 0 Å². The van der Waals surface area contributed by atoms with Gasteiger partial charge in [-0.25, -0.2) is 4.79 Å². The molecule has 0 aliphatic heterocycles. The number of hydrogen-bond acceptors (Lipinski definition) is 4. The van der Waals surface area contributed by atoms with Crippen LogP contribution in [0.1, 0.15) is 10.4 Å². The fraction of sp³-hybridized carbons (Fsp3) is 0. The molecule has 7 nitrogen and oxygen atoms in total. The Bertz CT molecular complexity index is 700. The van der Waals surface area contributed by atoms with Gasteiger partial charge < -0.3 is 10.2 Å². The van der Waals surface area contributed by atoms with Crippen LogP contribution in [0.15, 0.2) is 54.6 Å². The number of carbonyl (C=O) groups is 1. The van der Waals surface area contributed by atoms with Crippen LogP contribution in [0.2, 0.25) is 0 Å². The minimum Gasteiger partial charge on any atom is -0.507 e. The maximum atomic E-state index is 10.3. The first-order valence-corrected chi connectivity index (χ1v) is 7.05. The lowest BCUT2D eigenvalue weighted by Crippen LogP contribution is -2.09. The summed E-state index contributed by atoms with van der Waals surface area (Å²) in [6, 6.07) is 13.9. The molecule has 21 heavy (non-hydrogen) atoms. The predicted octanol–water partition coefficient (Wildman–Crippen LogP) is 1.99. The smallest absolute Gasteiger partial charge is 0.357 e. The quantitative estimate of drug-likeness (QED) is 0.643. The standard InChI is InChI=1S/C7H6O3.C6H7NO3S/c8-6-4-2-1-3-5(6)7(9)10;8-11(9,10)7-6-4-2-1-3-5-6/h1-4,8H,(H,9,10);1-5,7H,(H,8,9,10). The van der Waals surface area contributed by atoms with Crippen molar-refractivity contribution in [3.05, 3.63) is 60.2 Å². The Hall–Kier alpha value is -2.58. The van der Waals surface area contributed by atoms with Crippen LogP contribution in [-0.4, -0.2) is 29.2 Å². The lowest BCUT2D eigenvalue weighted by Gasteiger charge is -1.99. The maximum absolute atomic E-state index is 10.3. The number of carboxylic acid groups (broad SMARTS) is 1. The van der Waals surface area contributed by atoms with Gasteiger partial charge in [0, 0.05) is 0 Å². The molecule has 4 N–H and O–H groups in total. The molecule has 0 saturated heterocycles. The van der Waals surface area contributed by atoms with Crippen LogP contribution < -0.4 is 4.72 Å². The normalized spacial score (nSPS) is 10.1. The average molecular weight is 311 g/mol. The van der Waals surface area contributed by atoms with Crippen molar-refractivity contribution in [1.29, 1.82) is 0 Å². The molecule has 2 aromatic rings. The van der Waals surface area contributed by atoms with Crippen molar-refractivity contribution in [3.8, 4) is 5.75 Å². The summed E-state index contributed by atoms with van der Waals surface area (Å²) in [5.74, 6) is -1.31. The van der Waals surface area contributed by atoms with E-state index in [1.807, 2.05) is 4.72 Å². The molecule has 2 aromatic carbocycles. The minimum atomic E-state index is -4.13. The van der Waals surface area contributed by atoms with Crippen molar-refractivity contribution in [3.63, 3.8) is 0 Å². The molecule has 112 valence electrons. The monoisotopic (exact) mass is 311 g/mol. The van der Waals surface area contributed by atoms with Crippen molar-refractivity contribution in [2.75, 3.05) is 4.72 Å². The molecule has 0 spiro atoms. The molecule has 0 saturated carbocycles. The number of aromatic carboxylic acids is 1. The summed E-state index contributed by atoms with van der Waals surface area (Å²) in [4.78, 5) is 10.3. The van der Waals surface area contributed by atoms with E-state index in [-0.39, 0.29) is 11.3 Å². The summed E-state index contributed by atoms with van der Waals surface area (Å²) in [5.41, 5.74) is 0.275. The van der Waals surface area contributed by atoms with E-state index < -0.39 is 16.3 Å². The highest BCUT2D eigenvalue weighted by Crippen LogP contribution is 2.14. The van der Waals surface area contributed by atoms with Crippen LogP contribution in [0, 0.1) is 0 Å². The zero-order valence-electron chi connectivity index (χ0n) is 10.7. The van der Waals surface area contributed by atoms with Gasteiger partial charge in [0.15, 0.2) is 0 Å². The largest absolute Gasteiger partial charge is 0.507 e. The van der Waals surface area contributed by atoms with E-state index >= 15 is 0 Å². The number of rotatable bonds is 3.